The van der Waals surface area contributed by atoms with Crippen LogP contribution >= 0.6 is 0 Å². The van der Waals surface area contributed by atoms with Gasteiger partial charge in [-0.15, -0.1) is 0 Å². The zero-order chi connectivity index (χ0) is 25.3. The molecule has 1 amide bonds. The first-order chi connectivity index (χ1) is 16.5. The fourth-order valence-corrected chi connectivity index (χ4v) is 7.10. The highest BCUT2D eigenvalue weighted by atomic mass is 16.6. The lowest BCUT2D eigenvalue weighted by molar-refractivity contribution is -0.154. The number of nitrogens with one attached hydrogen (secondary N) is 1. The summed E-state index contributed by atoms with van der Waals surface area (Å²) in [6, 6.07) is 9.55. The number of rotatable bonds is 2. The Kier molecular flexibility index (Phi) is 5.83. The summed E-state index contributed by atoms with van der Waals surface area (Å²) in [5.74, 6) is -2.57. The smallest absolute Gasteiger partial charge is 0.230 e. The molecule has 1 saturated carbocycles. The highest BCUT2D eigenvalue weighted by Gasteiger charge is 2.73. The predicted octanol–water partition coefficient (Wildman–Crippen LogP) is 1.56. The number of hydrogen-bond acceptors (Lipinski definition) is 6. The quantitative estimate of drug-likeness (QED) is 0.376. The molecule has 0 radical (unpaired) electrons. The topological polar surface area (TPSA) is 119 Å². The van der Waals surface area contributed by atoms with Crippen molar-refractivity contribution in [1.82, 2.24) is 5.32 Å². The van der Waals surface area contributed by atoms with Gasteiger partial charge in [-0.2, -0.15) is 0 Å². The van der Waals surface area contributed by atoms with E-state index < -0.39 is 47.3 Å². The maximum Gasteiger partial charge on any atom is 0.230 e. The van der Waals surface area contributed by atoms with Crippen LogP contribution < -0.4 is 5.32 Å². The van der Waals surface area contributed by atoms with Crippen LogP contribution in [0.4, 0.5) is 0 Å². The lowest BCUT2D eigenvalue weighted by Crippen LogP contribution is -2.61. The van der Waals surface area contributed by atoms with Crippen molar-refractivity contribution in [1.29, 1.82) is 0 Å². The summed E-state index contributed by atoms with van der Waals surface area (Å²) < 4.78 is 5.76. The van der Waals surface area contributed by atoms with Gasteiger partial charge in [-0.25, -0.2) is 0 Å². The van der Waals surface area contributed by atoms with Gasteiger partial charge in [-0.05, 0) is 36.8 Å². The van der Waals surface area contributed by atoms with Crippen molar-refractivity contribution in [2.75, 3.05) is 0 Å². The first-order valence-corrected chi connectivity index (χ1v) is 12.5. The summed E-state index contributed by atoms with van der Waals surface area (Å²) in [7, 11) is 0. The van der Waals surface area contributed by atoms with E-state index in [2.05, 4.69) is 11.9 Å². The highest BCUT2D eigenvalue weighted by molar-refractivity contribution is 5.91. The lowest BCUT2D eigenvalue weighted by Gasteiger charge is -2.52. The molecular weight excluding hydrogens is 446 g/mol. The van der Waals surface area contributed by atoms with Gasteiger partial charge < -0.3 is 25.4 Å². The van der Waals surface area contributed by atoms with E-state index in [-0.39, 0.29) is 29.6 Å². The zero-order valence-corrected chi connectivity index (χ0v) is 20.4. The summed E-state index contributed by atoms with van der Waals surface area (Å²) in [4.78, 5) is 26.9. The molecule has 1 aromatic carbocycles. The van der Waals surface area contributed by atoms with E-state index in [9.17, 15) is 24.9 Å². The van der Waals surface area contributed by atoms with Crippen LogP contribution in [-0.4, -0.2) is 63.1 Å². The Hall–Kier alpha value is -2.32. The molecule has 5 rings (SSSR count). The second kappa shape index (κ2) is 8.37. The number of aliphatic hydroxyl groups excluding tert-OH is 2. The molecule has 0 aromatic heterocycles. The molecule has 0 bridgehead atoms. The number of Topliss-reactive ketones (excluding diaryl/α,β-unsaturated/α-hetero) is 1. The Labute approximate surface area is 205 Å². The van der Waals surface area contributed by atoms with Crippen molar-refractivity contribution in [3.8, 4) is 0 Å². The van der Waals surface area contributed by atoms with E-state index >= 15 is 0 Å². The van der Waals surface area contributed by atoms with E-state index in [1.54, 1.807) is 19.1 Å². The molecule has 4 N–H and O–H groups in total. The number of allylic oxidation sites excluding steroid dienone is 1. The van der Waals surface area contributed by atoms with Gasteiger partial charge in [-0.3, -0.25) is 9.59 Å². The molecule has 11 atom stereocenters. The molecule has 188 valence electrons. The Balaban J connectivity index is 1.64. The number of aliphatic hydroxyl groups is 3. The van der Waals surface area contributed by atoms with Gasteiger partial charge >= 0.3 is 0 Å². The summed E-state index contributed by atoms with van der Waals surface area (Å²) in [6.07, 6.45) is 0.273. The first-order valence-electron chi connectivity index (χ1n) is 12.5. The van der Waals surface area contributed by atoms with Crippen molar-refractivity contribution in [3.05, 3.63) is 60.2 Å². The van der Waals surface area contributed by atoms with Crippen LogP contribution in [0.5, 0.6) is 0 Å². The van der Waals surface area contributed by atoms with Crippen molar-refractivity contribution in [2.45, 2.75) is 69.7 Å². The van der Waals surface area contributed by atoms with Crippen LogP contribution in [0.15, 0.2) is 54.6 Å². The third-order valence-corrected chi connectivity index (χ3v) is 9.05. The summed E-state index contributed by atoms with van der Waals surface area (Å²) >= 11 is 0. The molecule has 3 fully saturated rings. The van der Waals surface area contributed by atoms with E-state index in [1.165, 1.54) is 6.92 Å². The van der Waals surface area contributed by atoms with Crippen molar-refractivity contribution in [2.24, 2.45) is 29.1 Å². The second-order valence-electron chi connectivity index (χ2n) is 11.1. The third-order valence-electron chi connectivity index (χ3n) is 9.05. The molecule has 4 aliphatic rings. The summed E-state index contributed by atoms with van der Waals surface area (Å²) in [5, 5.41) is 37.5. The molecule has 1 spiro atoms. The average molecular weight is 482 g/mol. The van der Waals surface area contributed by atoms with Crippen molar-refractivity contribution < 1.29 is 29.6 Å². The van der Waals surface area contributed by atoms with E-state index in [1.807, 2.05) is 37.3 Å². The lowest BCUT2D eigenvalue weighted by atomic mass is 9.51. The van der Waals surface area contributed by atoms with Crippen LogP contribution in [0.1, 0.15) is 32.8 Å². The summed E-state index contributed by atoms with van der Waals surface area (Å²) in [6.45, 7) is 9.28. The van der Waals surface area contributed by atoms with Crippen LogP contribution in [-0.2, 0) is 20.7 Å². The number of carbonyl (C=O) groups is 2. The molecule has 7 nitrogen and oxygen atoms in total. The Morgan fingerprint density at radius 1 is 1.17 bits per heavy atom. The van der Waals surface area contributed by atoms with Crippen LogP contribution in [0.3, 0.4) is 0 Å². The van der Waals surface area contributed by atoms with Gasteiger partial charge in [0.25, 0.3) is 0 Å². The Morgan fingerprint density at radius 2 is 1.86 bits per heavy atom. The SMILES string of the molecule is C=C1[C@@H](C)[C@H]2[C@H](Cc3ccccc3)NC(=O)[C@]23[C@H](O)[C@@H]2O[C@H]2[C@@](C)(O)C(=O)[C@@H](C)C/C=C/[C@H]3[C@@H]1O. The highest BCUT2D eigenvalue weighted by Crippen LogP contribution is 2.60. The number of amides is 1. The van der Waals surface area contributed by atoms with Gasteiger partial charge in [-0.1, -0.05) is 62.9 Å². The summed E-state index contributed by atoms with van der Waals surface area (Å²) in [5.41, 5.74) is -1.50. The van der Waals surface area contributed by atoms with Gasteiger partial charge in [0.05, 0.1) is 17.6 Å². The number of benzene rings is 1. The minimum absolute atomic E-state index is 0.264. The molecule has 2 heterocycles. The molecule has 7 heteroatoms. The fraction of sp³-hybridized carbons (Fsp3) is 0.571. The number of carbonyl (C=O) groups excluding carboxylic acids is 2. The van der Waals surface area contributed by atoms with Gasteiger partial charge in [0.1, 0.15) is 17.8 Å². The average Bonchev–Trinajstić information content (AvgIpc) is 3.59. The maximum atomic E-state index is 13.9. The molecule has 2 aliphatic heterocycles. The largest absolute Gasteiger partial charge is 0.389 e. The molecule has 1 aromatic rings. The molecule has 35 heavy (non-hydrogen) atoms. The van der Waals surface area contributed by atoms with Crippen LogP contribution in [0.2, 0.25) is 0 Å². The minimum atomic E-state index is -1.79. The predicted molar refractivity (Wildman–Crippen MR) is 129 cm³/mol. The van der Waals surface area contributed by atoms with Crippen molar-refractivity contribution >= 4 is 11.7 Å². The molecule has 2 saturated heterocycles. The molecular formula is C28H35NO6. The first kappa shape index (κ1) is 24.4. The normalized spacial score (nSPS) is 48.2. The number of ether oxygens (including phenoxy) is 1. The third kappa shape index (κ3) is 3.47. The fourth-order valence-electron chi connectivity index (χ4n) is 7.10. The van der Waals surface area contributed by atoms with E-state index in [0.717, 1.165) is 5.56 Å². The van der Waals surface area contributed by atoms with E-state index in [0.29, 0.717) is 18.4 Å². The zero-order valence-electron chi connectivity index (χ0n) is 20.4. The number of epoxide rings is 1. The van der Waals surface area contributed by atoms with Gasteiger partial charge in [0.2, 0.25) is 5.91 Å². The monoisotopic (exact) mass is 481 g/mol. The van der Waals surface area contributed by atoms with Crippen LogP contribution in [0, 0.1) is 29.1 Å². The minimum Gasteiger partial charge on any atom is -0.389 e. The second-order valence-corrected chi connectivity index (χ2v) is 11.1. The molecule has 2 aliphatic carbocycles. The number of fused-ring (bicyclic) bond motifs is 1. The maximum absolute atomic E-state index is 13.9. The number of hydrogen-bond donors (Lipinski definition) is 4. The van der Waals surface area contributed by atoms with Crippen LogP contribution in [0.25, 0.3) is 0 Å². The van der Waals surface area contributed by atoms with Gasteiger partial charge in [0.15, 0.2) is 5.78 Å². The number of ketones is 1. The Morgan fingerprint density at radius 3 is 2.54 bits per heavy atom. The molecule has 0 unspecified atom stereocenters. The Bertz CT molecular complexity index is 1070. The van der Waals surface area contributed by atoms with Crippen molar-refractivity contribution in [3.63, 3.8) is 0 Å². The van der Waals surface area contributed by atoms with E-state index in [4.69, 9.17) is 4.74 Å². The standard InChI is InChI=1S/C28H35NO6/c1-14-9-8-12-18-21(30)16(3)15(2)20-19(13-17-10-6-5-7-11-17)29-26(33)28(18,20)24(32)22-25(35-22)27(4,34)23(14)31/h5-8,10-12,14-15,18-22,24-25,30,32,34H,3,9,13H2,1-2,4H3,(H,29,33)/b12-8+/t14-,15+,18-,19-,20-,21+,22-,24+,25+,27-,28-/m0/s1. The van der Waals surface area contributed by atoms with Gasteiger partial charge in [0, 0.05) is 23.8 Å².